The zero-order valence-electron chi connectivity index (χ0n) is 23.1. The van der Waals surface area contributed by atoms with Gasteiger partial charge in [0.25, 0.3) is 0 Å². The minimum absolute atomic E-state index is 0.0634. The molecule has 40 heavy (non-hydrogen) atoms. The molecule has 1 heterocycles. The molecule has 2 aliphatic rings. The van der Waals surface area contributed by atoms with Gasteiger partial charge in [0.2, 0.25) is 17.7 Å². The Hall–Kier alpha value is -3.33. The Bertz CT molecular complexity index is 1250. The maximum Gasteiger partial charge on any atom is 0.471 e. The van der Waals surface area contributed by atoms with E-state index in [1.165, 1.54) is 27.8 Å². The molecule has 0 radical (unpaired) electrons. The van der Waals surface area contributed by atoms with Crippen LogP contribution in [0.15, 0.2) is 18.2 Å². The summed E-state index contributed by atoms with van der Waals surface area (Å²) < 4.78 is 39.0. The molecule has 5 atom stereocenters. The van der Waals surface area contributed by atoms with Crippen molar-refractivity contribution in [3.63, 3.8) is 0 Å². The monoisotopic (exact) mass is 583 g/mol. The number of hydrogen-bond acceptors (Lipinski definition) is 5. The summed E-state index contributed by atoms with van der Waals surface area (Å²) >= 11 is 6.08. The second-order valence-electron chi connectivity index (χ2n) is 12.2. The number of halogens is 4. The third-order valence-electron chi connectivity index (χ3n) is 7.56. The normalized spacial score (nSPS) is 21.7. The van der Waals surface area contributed by atoms with Crippen molar-refractivity contribution in [2.45, 2.75) is 77.7 Å². The SMILES string of the molecule is CN(C(=O)[C@@H](NC(=O)C(F)(F)F)C(C)(C)C)[C@H](C(=O)NC(C#N)CC1C(=O)Nc2ccc(Cl)cc21)[C@H]1CC1(C)C. The van der Waals surface area contributed by atoms with Gasteiger partial charge in [0.05, 0.1) is 12.0 Å². The molecule has 1 aromatic carbocycles. The number of carbonyl (C=O) groups excluding carboxylic acids is 4. The van der Waals surface area contributed by atoms with Crippen LogP contribution in [0.25, 0.3) is 0 Å². The molecule has 9 nitrogen and oxygen atoms in total. The van der Waals surface area contributed by atoms with Crippen LogP contribution in [0.1, 0.15) is 58.9 Å². The number of amides is 4. The van der Waals surface area contributed by atoms with Crippen LogP contribution >= 0.6 is 11.6 Å². The van der Waals surface area contributed by atoms with E-state index >= 15 is 0 Å². The molecule has 3 N–H and O–H groups in total. The van der Waals surface area contributed by atoms with Crippen molar-refractivity contribution in [1.82, 2.24) is 15.5 Å². The summed E-state index contributed by atoms with van der Waals surface area (Å²) in [5, 5.41) is 17.3. The average molecular weight is 584 g/mol. The number of alkyl halides is 3. The van der Waals surface area contributed by atoms with Crippen molar-refractivity contribution < 1.29 is 32.3 Å². The minimum atomic E-state index is -5.20. The van der Waals surface area contributed by atoms with Gasteiger partial charge in [-0.15, -0.1) is 0 Å². The molecule has 1 aliphatic heterocycles. The largest absolute Gasteiger partial charge is 0.471 e. The number of hydrogen-bond donors (Lipinski definition) is 3. The van der Waals surface area contributed by atoms with Gasteiger partial charge < -0.3 is 20.9 Å². The summed E-state index contributed by atoms with van der Waals surface area (Å²) in [5.74, 6) is -5.28. The molecule has 1 aromatic rings. The first kappa shape index (κ1) is 31.2. The molecule has 3 rings (SSSR count). The van der Waals surface area contributed by atoms with Crippen molar-refractivity contribution in [2.75, 3.05) is 12.4 Å². The van der Waals surface area contributed by atoms with Crippen LogP contribution in [0.4, 0.5) is 18.9 Å². The van der Waals surface area contributed by atoms with Crippen LogP contribution in [-0.4, -0.2) is 59.9 Å². The zero-order chi connectivity index (χ0) is 30.4. The lowest BCUT2D eigenvalue weighted by molar-refractivity contribution is -0.176. The predicted octanol–water partition coefficient (Wildman–Crippen LogP) is 3.74. The summed E-state index contributed by atoms with van der Waals surface area (Å²) in [4.78, 5) is 52.5. The van der Waals surface area contributed by atoms with Gasteiger partial charge in [0.1, 0.15) is 18.1 Å². The third-order valence-corrected chi connectivity index (χ3v) is 7.79. The molecule has 0 saturated heterocycles. The summed E-state index contributed by atoms with van der Waals surface area (Å²) in [6, 6.07) is 3.02. The third kappa shape index (κ3) is 6.69. The molecule has 1 aliphatic carbocycles. The molecule has 218 valence electrons. The first-order chi connectivity index (χ1) is 18.3. The van der Waals surface area contributed by atoms with E-state index in [0.717, 1.165) is 4.90 Å². The fraction of sp³-hybridized carbons (Fsp3) is 0.593. The summed E-state index contributed by atoms with van der Waals surface area (Å²) in [6.07, 6.45) is -4.72. The fourth-order valence-corrected chi connectivity index (χ4v) is 5.23. The maximum absolute atomic E-state index is 13.6. The molecule has 2 unspecified atom stereocenters. The Morgan fingerprint density at radius 2 is 1.82 bits per heavy atom. The Morgan fingerprint density at radius 3 is 2.33 bits per heavy atom. The van der Waals surface area contributed by atoms with E-state index in [1.54, 1.807) is 23.5 Å². The summed E-state index contributed by atoms with van der Waals surface area (Å²) in [5.41, 5.74) is -0.329. The Kier molecular flexibility index (Phi) is 8.52. The molecule has 0 aromatic heterocycles. The first-order valence-corrected chi connectivity index (χ1v) is 13.1. The summed E-state index contributed by atoms with van der Waals surface area (Å²) in [7, 11) is 1.30. The fourth-order valence-electron chi connectivity index (χ4n) is 5.05. The minimum Gasteiger partial charge on any atom is -0.339 e. The molecule has 0 spiro atoms. The van der Waals surface area contributed by atoms with E-state index in [-0.39, 0.29) is 23.7 Å². The molecule has 13 heteroatoms. The Morgan fingerprint density at radius 1 is 1.23 bits per heavy atom. The number of anilines is 1. The average Bonchev–Trinajstić information content (AvgIpc) is 3.33. The number of nitriles is 1. The number of benzene rings is 1. The van der Waals surface area contributed by atoms with Gasteiger partial charge >= 0.3 is 12.1 Å². The van der Waals surface area contributed by atoms with Crippen LogP contribution in [-0.2, 0) is 19.2 Å². The number of fused-ring (bicyclic) bond motifs is 1. The van der Waals surface area contributed by atoms with Crippen LogP contribution in [0.3, 0.4) is 0 Å². The summed E-state index contributed by atoms with van der Waals surface area (Å²) in [6.45, 7) is 8.26. The molecule has 1 fully saturated rings. The van der Waals surface area contributed by atoms with Crippen LogP contribution in [0, 0.1) is 28.1 Å². The van der Waals surface area contributed by atoms with Gasteiger partial charge in [-0.2, -0.15) is 18.4 Å². The topological polar surface area (TPSA) is 131 Å². The van der Waals surface area contributed by atoms with Crippen molar-refractivity contribution in [3.05, 3.63) is 28.8 Å². The van der Waals surface area contributed by atoms with Gasteiger partial charge in [-0.1, -0.05) is 46.2 Å². The van der Waals surface area contributed by atoms with E-state index in [1.807, 2.05) is 19.9 Å². The van der Waals surface area contributed by atoms with E-state index in [0.29, 0.717) is 22.7 Å². The molecular weight excluding hydrogens is 551 g/mol. The van der Waals surface area contributed by atoms with E-state index in [9.17, 15) is 37.6 Å². The predicted molar refractivity (Wildman–Crippen MR) is 141 cm³/mol. The highest BCUT2D eigenvalue weighted by Crippen LogP contribution is 2.54. The highest BCUT2D eigenvalue weighted by Gasteiger charge is 2.56. The van der Waals surface area contributed by atoms with Gasteiger partial charge in [-0.05, 0) is 53.4 Å². The highest BCUT2D eigenvalue weighted by molar-refractivity contribution is 6.31. The van der Waals surface area contributed by atoms with Crippen molar-refractivity contribution in [2.24, 2.45) is 16.7 Å². The van der Waals surface area contributed by atoms with Gasteiger partial charge in [-0.25, -0.2) is 0 Å². The van der Waals surface area contributed by atoms with E-state index in [2.05, 4.69) is 10.6 Å². The number of carbonyl (C=O) groups is 4. The van der Waals surface area contributed by atoms with Crippen LogP contribution in [0.5, 0.6) is 0 Å². The van der Waals surface area contributed by atoms with E-state index < -0.39 is 53.4 Å². The maximum atomic E-state index is 13.6. The lowest BCUT2D eigenvalue weighted by Gasteiger charge is -2.37. The van der Waals surface area contributed by atoms with Crippen LogP contribution < -0.4 is 16.0 Å². The number of nitrogens with zero attached hydrogens (tertiary/aromatic N) is 2. The second-order valence-corrected chi connectivity index (χ2v) is 12.6. The zero-order valence-corrected chi connectivity index (χ0v) is 23.8. The second kappa shape index (κ2) is 10.9. The number of nitrogens with one attached hydrogen (secondary N) is 3. The number of likely N-dealkylation sites (N-methyl/N-ethyl adjacent to an activating group) is 1. The Balaban J connectivity index is 1.84. The first-order valence-electron chi connectivity index (χ1n) is 12.7. The lowest BCUT2D eigenvalue weighted by Crippen LogP contribution is -2.60. The molecule has 1 saturated carbocycles. The molecular formula is C27H33ClF3N5O4. The van der Waals surface area contributed by atoms with Gasteiger partial charge in [0, 0.05) is 17.8 Å². The van der Waals surface area contributed by atoms with E-state index in [4.69, 9.17) is 11.6 Å². The molecule has 4 amide bonds. The number of rotatable bonds is 8. The lowest BCUT2D eigenvalue weighted by atomic mass is 9.85. The smallest absolute Gasteiger partial charge is 0.339 e. The van der Waals surface area contributed by atoms with Gasteiger partial charge in [-0.3, -0.25) is 19.2 Å². The van der Waals surface area contributed by atoms with Gasteiger partial charge in [0.15, 0.2) is 0 Å². The van der Waals surface area contributed by atoms with Crippen LogP contribution in [0.2, 0.25) is 5.02 Å². The standard InChI is InChI=1S/C27H33ClF3N5O4/c1-25(2,3)20(35-24(40)27(29,30)31)23(39)36(6)19(17-11-26(17,4)5)22(38)33-14(12-32)10-16-15-9-13(28)7-8-18(15)34-21(16)37/h7-9,14,16-17,19-20H,10-11H2,1-6H3,(H,33,38)(H,34,37)(H,35,40)/t14?,16?,17-,19+,20-/m1/s1. The Labute approximate surface area is 235 Å². The van der Waals surface area contributed by atoms with Crippen molar-refractivity contribution >= 4 is 40.9 Å². The quantitative estimate of drug-likeness (QED) is 0.429. The van der Waals surface area contributed by atoms with Crippen molar-refractivity contribution in [3.8, 4) is 6.07 Å². The highest BCUT2D eigenvalue weighted by atomic mass is 35.5. The van der Waals surface area contributed by atoms with Crippen molar-refractivity contribution in [1.29, 1.82) is 5.26 Å². The molecule has 0 bridgehead atoms.